The minimum Gasteiger partial charge on any atom is -0.308 e. The van der Waals surface area contributed by atoms with Crippen molar-refractivity contribution in [2.24, 2.45) is 12.9 Å². The van der Waals surface area contributed by atoms with Crippen molar-refractivity contribution < 1.29 is 0 Å². The first-order valence-corrected chi connectivity index (χ1v) is 5.40. The van der Waals surface area contributed by atoms with Gasteiger partial charge in [0.2, 0.25) is 0 Å². The number of hydrogen-bond donors (Lipinski definition) is 2. The third-order valence-corrected chi connectivity index (χ3v) is 2.64. The number of hydrazine groups is 1. The minimum atomic E-state index is 0.489. The standard InChI is InChI=1S/C10H12N8/c1-17-10-7(5-13-17)9(16-11)14-8(15-10)6-18-4-2-3-12-18/h2-5H,6,11H2,1H3,(H,14,15,16). The van der Waals surface area contributed by atoms with Crippen molar-refractivity contribution >= 4 is 16.9 Å². The van der Waals surface area contributed by atoms with Crippen molar-refractivity contribution in [3.8, 4) is 0 Å². The minimum absolute atomic E-state index is 0.489. The van der Waals surface area contributed by atoms with Crippen LogP contribution >= 0.6 is 0 Å². The molecule has 0 radical (unpaired) electrons. The number of aromatic nitrogens is 6. The Kier molecular flexibility index (Phi) is 2.41. The van der Waals surface area contributed by atoms with Crippen LogP contribution in [0.15, 0.2) is 24.7 Å². The fourth-order valence-corrected chi connectivity index (χ4v) is 1.79. The Balaban J connectivity index is 2.09. The molecule has 3 aromatic heterocycles. The summed E-state index contributed by atoms with van der Waals surface area (Å²) in [6.45, 7) is 0.489. The van der Waals surface area contributed by atoms with E-state index in [4.69, 9.17) is 5.84 Å². The van der Waals surface area contributed by atoms with E-state index in [2.05, 4.69) is 25.6 Å². The van der Waals surface area contributed by atoms with Crippen molar-refractivity contribution in [2.45, 2.75) is 6.54 Å². The molecule has 3 rings (SSSR count). The Hall–Kier alpha value is -2.48. The molecule has 0 aliphatic rings. The maximum absolute atomic E-state index is 5.47. The van der Waals surface area contributed by atoms with Gasteiger partial charge in [0.1, 0.15) is 6.54 Å². The Morgan fingerprint density at radius 2 is 2.22 bits per heavy atom. The van der Waals surface area contributed by atoms with Crippen LogP contribution in [-0.4, -0.2) is 29.5 Å². The molecule has 0 aromatic carbocycles. The molecule has 0 aliphatic heterocycles. The number of nitrogen functional groups attached to an aromatic ring is 1. The summed E-state index contributed by atoms with van der Waals surface area (Å²) < 4.78 is 3.43. The van der Waals surface area contributed by atoms with E-state index < -0.39 is 0 Å². The van der Waals surface area contributed by atoms with E-state index in [0.717, 1.165) is 11.0 Å². The Morgan fingerprint density at radius 1 is 1.33 bits per heavy atom. The third kappa shape index (κ3) is 1.68. The molecule has 0 saturated carbocycles. The molecule has 0 saturated heterocycles. The Morgan fingerprint density at radius 3 is 2.94 bits per heavy atom. The van der Waals surface area contributed by atoms with Crippen LogP contribution in [0.4, 0.5) is 5.82 Å². The SMILES string of the molecule is Cn1ncc2c(NN)nc(Cn3cccn3)nc21. The summed E-state index contributed by atoms with van der Waals surface area (Å²) in [5, 5.41) is 9.05. The summed E-state index contributed by atoms with van der Waals surface area (Å²) in [5.41, 5.74) is 3.31. The van der Waals surface area contributed by atoms with Gasteiger partial charge in [0.25, 0.3) is 0 Å². The van der Waals surface area contributed by atoms with E-state index in [9.17, 15) is 0 Å². The second kappa shape index (κ2) is 4.08. The van der Waals surface area contributed by atoms with Gasteiger partial charge in [-0.2, -0.15) is 10.2 Å². The molecule has 0 fully saturated rings. The molecule has 8 nitrogen and oxygen atoms in total. The smallest absolute Gasteiger partial charge is 0.163 e. The molecule has 3 heterocycles. The molecule has 18 heavy (non-hydrogen) atoms. The maximum Gasteiger partial charge on any atom is 0.163 e. The molecule has 3 N–H and O–H groups in total. The van der Waals surface area contributed by atoms with E-state index >= 15 is 0 Å². The van der Waals surface area contributed by atoms with Crippen LogP contribution in [0.3, 0.4) is 0 Å². The van der Waals surface area contributed by atoms with Crippen LogP contribution in [0.1, 0.15) is 5.82 Å². The van der Waals surface area contributed by atoms with Gasteiger partial charge in [-0.1, -0.05) is 0 Å². The predicted molar refractivity (Wildman–Crippen MR) is 65.4 cm³/mol. The summed E-state index contributed by atoms with van der Waals surface area (Å²) in [6, 6.07) is 1.85. The lowest BCUT2D eigenvalue weighted by atomic mass is 10.4. The monoisotopic (exact) mass is 244 g/mol. The van der Waals surface area contributed by atoms with Gasteiger partial charge in [-0.3, -0.25) is 9.36 Å². The molecular formula is C10H12N8. The molecule has 3 aromatic rings. The summed E-state index contributed by atoms with van der Waals surface area (Å²) in [5.74, 6) is 6.66. The van der Waals surface area contributed by atoms with Crippen molar-refractivity contribution in [3.63, 3.8) is 0 Å². The topological polar surface area (TPSA) is 99.5 Å². The highest BCUT2D eigenvalue weighted by atomic mass is 15.3. The maximum atomic E-state index is 5.47. The lowest BCUT2D eigenvalue weighted by Gasteiger charge is -2.05. The van der Waals surface area contributed by atoms with E-state index in [1.165, 1.54) is 0 Å². The predicted octanol–water partition coefficient (Wildman–Crippen LogP) is -0.106. The molecule has 0 spiro atoms. The van der Waals surface area contributed by atoms with Gasteiger partial charge in [0.05, 0.1) is 11.6 Å². The van der Waals surface area contributed by atoms with E-state index in [1.54, 1.807) is 21.8 Å². The van der Waals surface area contributed by atoms with E-state index in [1.807, 2.05) is 19.3 Å². The lowest BCUT2D eigenvalue weighted by Crippen LogP contribution is -2.13. The molecular weight excluding hydrogens is 232 g/mol. The zero-order chi connectivity index (χ0) is 12.5. The van der Waals surface area contributed by atoms with Crippen molar-refractivity contribution in [2.75, 3.05) is 5.43 Å². The molecule has 0 aliphatic carbocycles. The lowest BCUT2D eigenvalue weighted by molar-refractivity contribution is 0.655. The zero-order valence-corrected chi connectivity index (χ0v) is 9.78. The fraction of sp³-hybridized carbons (Fsp3) is 0.200. The highest BCUT2D eigenvalue weighted by Gasteiger charge is 2.10. The highest BCUT2D eigenvalue weighted by molar-refractivity contribution is 5.86. The molecule has 0 unspecified atom stereocenters. The molecule has 8 heteroatoms. The zero-order valence-electron chi connectivity index (χ0n) is 9.78. The summed E-state index contributed by atoms with van der Waals surface area (Å²) in [4.78, 5) is 8.80. The number of nitrogens with two attached hydrogens (primary N) is 1. The Labute approximate surface area is 102 Å². The molecule has 0 bridgehead atoms. The van der Waals surface area contributed by atoms with Crippen LogP contribution < -0.4 is 11.3 Å². The number of hydrogen-bond acceptors (Lipinski definition) is 6. The number of nitrogens with one attached hydrogen (secondary N) is 1. The fourth-order valence-electron chi connectivity index (χ4n) is 1.79. The van der Waals surface area contributed by atoms with Gasteiger partial charge in [0.15, 0.2) is 17.3 Å². The quantitative estimate of drug-likeness (QED) is 0.492. The van der Waals surface area contributed by atoms with Crippen molar-refractivity contribution in [1.29, 1.82) is 0 Å². The van der Waals surface area contributed by atoms with Gasteiger partial charge >= 0.3 is 0 Å². The summed E-state index contributed by atoms with van der Waals surface area (Å²) >= 11 is 0. The van der Waals surface area contributed by atoms with Crippen LogP contribution in [0.5, 0.6) is 0 Å². The number of anilines is 1. The number of nitrogens with zero attached hydrogens (tertiary/aromatic N) is 6. The van der Waals surface area contributed by atoms with Crippen LogP contribution in [-0.2, 0) is 13.6 Å². The number of aryl methyl sites for hydroxylation is 1. The first-order chi connectivity index (χ1) is 8.78. The summed E-state index contributed by atoms with van der Waals surface area (Å²) in [6.07, 6.45) is 5.25. The molecule has 0 amide bonds. The highest BCUT2D eigenvalue weighted by Crippen LogP contribution is 2.18. The van der Waals surface area contributed by atoms with Crippen LogP contribution in [0.2, 0.25) is 0 Å². The second-order valence-corrected chi connectivity index (χ2v) is 3.84. The van der Waals surface area contributed by atoms with Crippen LogP contribution in [0.25, 0.3) is 11.0 Å². The normalized spacial score (nSPS) is 11.0. The van der Waals surface area contributed by atoms with Gasteiger partial charge in [-0.05, 0) is 6.07 Å². The third-order valence-electron chi connectivity index (χ3n) is 2.64. The van der Waals surface area contributed by atoms with Gasteiger partial charge in [-0.15, -0.1) is 0 Å². The largest absolute Gasteiger partial charge is 0.308 e. The molecule has 0 atom stereocenters. The molecule has 92 valence electrons. The first-order valence-electron chi connectivity index (χ1n) is 5.40. The van der Waals surface area contributed by atoms with Gasteiger partial charge in [0, 0.05) is 19.4 Å². The average molecular weight is 244 g/mol. The Bertz CT molecular complexity index is 669. The van der Waals surface area contributed by atoms with E-state index in [0.29, 0.717) is 18.2 Å². The van der Waals surface area contributed by atoms with Crippen LogP contribution in [0, 0.1) is 0 Å². The first kappa shape index (κ1) is 10.7. The van der Waals surface area contributed by atoms with Gasteiger partial charge < -0.3 is 5.43 Å². The van der Waals surface area contributed by atoms with Gasteiger partial charge in [-0.25, -0.2) is 15.8 Å². The van der Waals surface area contributed by atoms with Crippen molar-refractivity contribution in [3.05, 3.63) is 30.5 Å². The van der Waals surface area contributed by atoms with Crippen molar-refractivity contribution in [1.82, 2.24) is 29.5 Å². The average Bonchev–Trinajstić information content (AvgIpc) is 3.00. The van der Waals surface area contributed by atoms with E-state index in [-0.39, 0.29) is 0 Å². The number of rotatable bonds is 3. The number of fused-ring (bicyclic) bond motifs is 1. The summed E-state index contributed by atoms with van der Waals surface area (Å²) in [7, 11) is 1.83. The second-order valence-electron chi connectivity index (χ2n) is 3.84.